The van der Waals surface area contributed by atoms with Gasteiger partial charge in [-0.25, -0.2) is 9.37 Å². The lowest BCUT2D eigenvalue weighted by Crippen LogP contribution is -2.14. The number of benzene rings is 2. The predicted molar refractivity (Wildman–Crippen MR) is 99.7 cm³/mol. The summed E-state index contributed by atoms with van der Waals surface area (Å²) < 4.78 is 15.6. The van der Waals surface area contributed by atoms with E-state index in [1.54, 1.807) is 19.1 Å². The highest BCUT2D eigenvalue weighted by molar-refractivity contribution is 6.05. The Morgan fingerprint density at radius 3 is 2.58 bits per heavy atom. The second-order valence-electron chi connectivity index (χ2n) is 6.02. The fourth-order valence-electron chi connectivity index (χ4n) is 2.83. The van der Waals surface area contributed by atoms with Crippen LogP contribution in [0.4, 0.5) is 10.2 Å². The van der Waals surface area contributed by atoms with Gasteiger partial charge in [-0.1, -0.05) is 42.5 Å². The number of carbonyl (C=O) groups is 1. The van der Waals surface area contributed by atoms with Crippen molar-refractivity contribution < 1.29 is 9.18 Å². The van der Waals surface area contributed by atoms with E-state index in [-0.39, 0.29) is 11.5 Å². The number of imidazole rings is 1. The lowest BCUT2D eigenvalue weighted by atomic mass is 10.1. The molecule has 2 aromatic carbocycles. The molecule has 0 fully saturated rings. The molecule has 4 rings (SSSR count). The SMILES string of the molecule is Cc1ccc(C(=O)Nc2c(-c3ccccc3)nc3ccccn23)cc1F. The average molecular weight is 345 g/mol. The lowest BCUT2D eigenvalue weighted by molar-refractivity contribution is 0.102. The number of amides is 1. The summed E-state index contributed by atoms with van der Waals surface area (Å²) in [7, 11) is 0. The maximum Gasteiger partial charge on any atom is 0.256 e. The number of carbonyl (C=O) groups excluding carboxylic acids is 1. The van der Waals surface area contributed by atoms with Gasteiger partial charge in [0.2, 0.25) is 0 Å². The Balaban J connectivity index is 1.80. The Morgan fingerprint density at radius 1 is 1.04 bits per heavy atom. The number of halogens is 1. The molecule has 0 spiro atoms. The summed E-state index contributed by atoms with van der Waals surface area (Å²) in [5, 5.41) is 2.89. The highest BCUT2D eigenvalue weighted by Crippen LogP contribution is 2.29. The second-order valence-corrected chi connectivity index (χ2v) is 6.02. The normalized spacial score (nSPS) is 10.8. The van der Waals surface area contributed by atoms with Gasteiger partial charge in [0, 0.05) is 17.3 Å². The zero-order valence-corrected chi connectivity index (χ0v) is 14.1. The summed E-state index contributed by atoms with van der Waals surface area (Å²) in [6.45, 7) is 1.66. The number of fused-ring (bicyclic) bond motifs is 1. The number of aryl methyl sites for hydroxylation is 1. The Hall–Kier alpha value is -3.47. The lowest BCUT2D eigenvalue weighted by Gasteiger charge is -2.08. The van der Waals surface area contributed by atoms with Crippen molar-refractivity contribution in [2.75, 3.05) is 5.32 Å². The van der Waals surface area contributed by atoms with Crippen molar-refractivity contribution in [2.45, 2.75) is 6.92 Å². The van der Waals surface area contributed by atoms with Gasteiger partial charge in [0.15, 0.2) is 0 Å². The van der Waals surface area contributed by atoms with Gasteiger partial charge in [0.25, 0.3) is 5.91 Å². The van der Waals surface area contributed by atoms with Crippen molar-refractivity contribution >= 4 is 17.4 Å². The van der Waals surface area contributed by atoms with E-state index in [0.717, 1.165) is 11.2 Å². The van der Waals surface area contributed by atoms with Crippen molar-refractivity contribution in [2.24, 2.45) is 0 Å². The molecule has 0 aliphatic rings. The van der Waals surface area contributed by atoms with Crippen LogP contribution in [0.2, 0.25) is 0 Å². The van der Waals surface area contributed by atoms with Crippen LogP contribution in [0.25, 0.3) is 16.9 Å². The minimum Gasteiger partial charge on any atom is -0.306 e. The number of nitrogens with one attached hydrogen (secondary N) is 1. The summed E-state index contributed by atoms with van der Waals surface area (Å²) in [4.78, 5) is 17.3. The fraction of sp³-hybridized carbons (Fsp3) is 0.0476. The molecular formula is C21H16FN3O. The van der Waals surface area contributed by atoms with Gasteiger partial charge >= 0.3 is 0 Å². The number of nitrogens with zero attached hydrogens (tertiary/aromatic N) is 2. The highest BCUT2D eigenvalue weighted by atomic mass is 19.1. The maximum atomic E-state index is 13.8. The van der Waals surface area contributed by atoms with E-state index in [9.17, 15) is 9.18 Å². The second kappa shape index (κ2) is 6.44. The molecule has 5 heteroatoms. The highest BCUT2D eigenvalue weighted by Gasteiger charge is 2.17. The molecule has 1 amide bonds. The number of anilines is 1. The van der Waals surface area contributed by atoms with Gasteiger partial charge in [-0.15, -0.1) is 0 Å². The minimum atomic E-state index is -0.404. The molecule has 0 bridgehead atoms. The molecule has 4 nitrogen and oxygen atoms in total. The van der Waals surface area contributed by atoms with Gasteiger partial charge in [-0.05, 0) is 36.8 Å². The van der Waals surface area contributed by atoms with E-state index in [1.807, 2.05) is 59.1 Å². The molecule has 128 valence electrons. The molecule has 0 aliphatic heterocycles. The zero-order valence-electron chi connectivity index (χ0n) is 14.1. The molecule has 0 radical (unpaired) electrons. The third kappa shape index (κ3) is 2.84. The summed E-state index contributed by atoms with van der Waals surface area (Å²) >= 11 is 0. The quantitative estimate of drug-likeness (QED) is 0.585. The Labute approximate surface area is 149 Å². The molecule has 2 heterocycles. The van der Waals surface area contributed by atoms with Crippen molar-refractivity contribution in [3.8, 4) is 11.3 Å². The molecule has 0 saturated heterocycles. The summed E-state index contributed by atoms with van der Waals surface area (Å²) in [5.41, 5.74) is 3.04. The van der Waals surface area contributed by atoms with E-state index >= 15 is 0 Å². The fourth-order valence-corrected chi connectivity index (χ4v) is 2.83. The van der Waals surface area contributed by atoms with Gasteiger partial charge < -0.3 is 5.32 Å². The molecule has 1 N–H and O–H groups in total. The molecule has 0 atom stereocenters. The largest absolute Gasteiger partial charge is 0.306 e. The van der Waals surface area contributed by atoms with Gasteiger partial charge in [0.1, 0.15) is 23.0 Å². The van der Waals surface area contributed by atoms with Gasteiger partial charge in [-0.3, -0.25) is 9.20 Å². The topological polar surface area (TPSA) is 46.4 Å². The standard InChI is InChI=1S/C21H16FN3O/c1-14-10-11-16(13-17(14)22)21(26)24-20-19(15-7-3-2-4-8-15)23-18-9-5-6-12-25(18)20/h2-13H,1H3,(H,24,26). The van der Waals surface area contributed by atoms with Crippen molar-refractivity contribution in [3.05, 3.63) is 89.9 Å². The first-order chi connectivity index (χ1) is 12.6. The van der Waals surface area contributed by atoms with Gasteiger partial charge in [-0.2, -0.15) is 0 Å². The molecule has 26 heavy (non-hydrogen) atoms. The molecule has 0 unspecified atom stereocenters. The first kappa shape index (κ1) is 16.0. The number of aromatic nitrogens is 2. The van der Waals surface area contributed by atoms with Crippen molar-refractivity contribution in [1.29, 1.82) is 0 Å². The smallest absolute Gasteiger partial charge is 0.256 e. The van der Waals surface area contributed by atoms with E-state index < -0.39 is 5.82 Å². The number of hydrogen-bond acceptors (Lipinski definition) is 2. The van der Waals surface area contributed by atoms with Crippen LogP contribution < -0.4 is 5.32 Å². The minimum absolute atomic E-state index is 0.262. The first-order valence-electron chi connectivity index (χ1n) is 8.23. The monoisotopic (exact) mass is 345 g/mol. The van der Waals surface area contributed by atoms with Crippen LogP contribution in [0, 0.1) is 12.7 Å². The number of rotatable bonds is 3. The predicted octanol–water partition coefficient (Wildman–Crippen LogP) is 4.70. The zero-order chi connectivity index (χ0) is 18.1. The summed E-state index contributed by atoms with van der Waals surface area (Å²) in [6.07, 6.45) is 1.83. The van der Waals surface area contributed by atoms with Crippen LogP contribution in [0.1, 0.15) is 15.9 Å². The van der Waals surface area contributed by atoms with Crippen molar-refractivity contribution in [1.82, 2.24) is 9.38 Å². The molecule has 4 aromatic rings. The summed E-state index contributed by atoms with van der Waals surface area (Å²) in [6, 6.07) is 19.7. The Kier molecular flexibility index (Phi) is 3.97. The van der Waals surface area contributed by atoms with Crippen LogP contribution in [0.15, 0.2) is 72.9 Å². The molecule has 2 aromatic heterocycles. The third-order valence-corrected chi connectivity index (χ3v) is 4.24. The molecule has 0 saturated carbocycles. The van der Waals surface area contributed by atoms with E-state index in [0.29, 0.717) is 17.1 Å². The number of hydrogen-bond donors (Lipinski definition) is 1. The molecular weight excluding hydrogens is 329 g/mol. The van der Waals surface area contributed by atoms with Crippen LogP contribution in [-0.2, 0) is 0 Å². The first-order valence-corrected chi connectivity index (χ1v) is 8.23. The van der Waals surface area contributed by atoms with Crippen molar-refractivity contribution in [3.63, 3.8) is 0 Å². The average Bonchev–Trinajstić information content (AvgIpc) is 3.03. The summed E-state index contributed by atoms with van der Waals surface area (Å²) in [5.74, 6) is -0.233. The van der Waals surface area contributed by atoms with Crippen LogP contribution >= 0.6 is 0 Å². The van der Waals surface area contributed by atoms with Crippen LogP contribution in [-0.4, -0.2) is 15.3 Å². The van der Waals surface area contributed by atoms with E-state index in [2.05, 4.69) is 10.3 Å². The number of pyridine rings is 1. The van der Waals surface area contributed by atoms with Crippen LogP contribution in [0.3, 0.4) is 0 Å². The van der Waals surface area contributed by atoms with Gasteiger partial charge in [0.05, 0.1) is 0 Å². The van der Waals surface area contributed by atoms with Crippen LogP contribution in [0.5, 0.6) is 0 Å². The molecule has 0 aliphatic carbocycles. The Morgan fingerprint density at radius 2 is 1.81 bits per heavy atom. The third-order valence-electron chi connectivity index (χ3n) is 4.24. The van der Waals surface area contributed by atoms with E-state index in [4.69, 9.17) is 0 Å². The maximum absolute atomic E-state index is 13.8. The van der Waals surface area contributed by atoms with E-state index in [1.165, 1.54) is 6.07 Å². The Bertz CT molecular complexity index is 1100.